The summed E-state index contributed by atoms with van der Waals surface area (Å²) in [5.74, 6) is -0.639. The van der Waals surface area contributed by atoms with Gasteiger partial charge in [-0.25, -0.2) is 13.1 Å². The number of rotatable bonds is 6. The van der Waals surface area contributed by atoms with E-state index < -0.39 is 22.0 Å². The molecule has 0 radical (unpaired) electrons. The van der Waals surface area contributed by atoms with Crippen LogP contribution < -0.4 is 21.5 Å². The molecule has 0 bridgehead atoms. The molecule has 6 N–H and O–H groups in total. The van der Waals surface area contributed by atoms with Crippen molar-refractivity contribution in [1.82, 2.24) is 4.72 Å². The maximum absolute atomic E-state index is 12.0. The van der Waals surface area contributed by atoms with Gasteiger partial charge >= 0.3 is 0 Å². The zero-order valence-electron chi connectivity index (χ0n) is 11.7. The molecule has 20 heavy (non-hydrogen) atoms. The van der Waals surface area contributed by atoms with Crippen LogP contribution in [0.1, 0.15) is 13.8 Å². The van der Waals surface area contributed by atoms with Gasteiger partial charge in [0.25, 0.3) is 0 Å². The highest BCUT2D eigenvalue weighted by atomic mass is 32.2. The first-order valence-electron chi connectivity index (χ1n) is 6.08. The van der Waals surface area contributed by atoms with E-state index in [1.54, 1.807) is 6.07 Å². The van der Waals surface area contributed by atoms with Crippen LogP contribution in [0.3, 0.4) is 0 Å². The molecule has 1 aromatic carbocycles. The first-order valence-corrected chi connectivity index (χ1v) is 7.56. The third kappa shape index (κ3) is 3.61. The lowest BCUT2D eigenvalue weighted by Gasteiger charge is -2.22. The summed E-state index contributed by atoms with van der Waals surface area (Å²) in [6.45, 7) is 3.62. The molecule has 0 saturated heterocycles. The minimum Gasteiger partial charge on any atom is -0.399 e. The topological polar surface area (TPSA) is 127 Å². The minimum absolute atomic E-state index is 0.0214. The Hall–Kier alpha value is -1.80. The molecular formula is C12H20N4O3S. The summed E-state index contributed by atoms with van der Waals surface area (Å²) >= 11 is 0. The van der Waals surface area contributed by atoms with Crippen molar-refractivity contribution in [2.45, 2.75) is 24.8 Å². The maximum atomic E-state index is 12.0. The van der Waals surface area contributed by atoms with E-state index in [2.05, 4.69) is 10.0 Å². The Labute approximate surface area is 118 Å². The predicted molar refractivity (Wildman–Crippen MR) is 78.5 cm³/mol. The average molecular weight is 300 g/mol. The highest BCUT2D eigenvalue weighted by Gasteiger charge is 2.23. The maximum Gasteiger partial charge on any atom is 0.242 e. The van der Waals surface area contributed by atoms with Crippen LogP contribution in [0.25, 0.3) is 0 Å². The van der Waals surface area contributed by atoms with Crippen LogP contribution in [-0.2, 0) is 14.8 Å². The summed E-state index contributed by atoms with van der Waals surface area (Å²) in [5, 5.41) is 2.86. The summed E-state index contributed by atoms with van der Waals surface area (Å²) in [4.78, 5) is 11.4. The molecular weight excluding hydrogens is 280 g/mol. The second-order valence-electron chi connectivity index (χ2n) is 4.73. The molecule has 0 spiro atoms. The van der Waals surface area contributed by atoms with E-state index in [1.165, 1.54) is 19.2 Å². The van der Waals surface area contributed by atoms with Crippen LogP contribution in [0.15, 0.2) is 23.1 Å². The number of benzene rings is 1. The number of primary amides is 1. The molecule has 0 aromatic heterocycles. The van der Waals surface area contributed by atoms with Crippen LogP contribution in [0.5, 0.6) is 0 Å². The molecule has 0 heterocycles. The molecule has 1 atom stereocenters. The first kappa shape index (κ1) is 16.3. The van der Waals surface area contributed by atoms with E-state index >= 15 is 0 Å². The van der Waals surface area contributed by atoms with Crippen molar-refractivity contribution in [2.24, 2.45) is 11.7 Å². The summed E-state index contributed by atoms with van der Waals surface area (Å²) in [5.41, 5.74) is 11.5. The molecule has 7 nitrogen and oxygen atoms in total. The standard InChI is InChI=1S/C12H20N4O3S/c1-7(2)11(12(14)17)16-9-5-4-8(13)6-10(9)20(18,19)15-3/h4-7,11,15-16H,13H2,1-3H3,(H2,14,17). The van der Waals surface area contributed by atoms with E-state index in [-0.39, 0.29) is 16.5 Å². The average Bonchev–Trinajstić information content (AvgIpc) is 2.36. The Morgan fingerprint density at radius 2 is 1.90 bits per heavy atom. The first-order chi connectivity index (χ1) is 9.19. The molecule has 0 aliphatic heterocycles. The number of carbonyl (C=O) groups excluding carboxylic acids is 1. The molecule has 0 aliphatic carbocycles. The highest BCUT2D eigenvalue weighted by molar-refractivity contribution is 7.89. The Morgan fingerprint density at radius 3 is 2.35 bits per heavy atom. The Bertz CT molecular complexity index is 599. The van der Waals surface area contributed by atoms with Crippen molar-refractivity contribution in [1.29, 1.82) is 0 Å². The molecule has 1 unspecified atom stereocenters. The lowest BCUT2D eigenvalue weighted by Crippen LogP contribution is -2.40. The number of hydrogen-bond donors (Lipinski definition) is 4. The molecule has 0 fully saturated rings. The van der Waals surface area contributed by atoms with E-state index in [9.17, 15) is 13.2 Å². The lowest BCUT2D eigenvalue weighted by molar-refractivity contribution is -0.119. The Balaban J connectivity index is 3.29. The molecule has 1 aromatic rings. The normalized spacial score (nSPS) is 13.2. The van der Waals surface area contributed by atoms with Gasteiger partial charge in [-0.3, -0.25) is 4.79 Å². The zero-order valence-corrected chi connectivity index (χ0v) is 12.5. The fourth-order valence-electron chi connectivity index (χ4n) is 1.72. The summed E-state index contributed by atoms with van der Waals surface area (Å²) in [6, 6.07) is 3.71. The van der Waals surface area contributed by atoms with Crippen LogP contribution in [0.2, 0.25) is 0 Å². The second kappa shape index (κ2) is 6.10. The largest absolute Gasteiger partial charge is 0.399 e. The fraction of sp³-hybridized carbons (Fsp3) is 0.417. The number of hydrogen-bond acceptors (Lipinski definition) is 5. The van der Waals surface area contributed by atoms with Gasteiger partial charge in [0, 0.05) is 5.69 Å². The summed E-state index contributed by atoms with van der Waals surface area (Å²) in [6.07, 6.45) is 0. The van der Waals surface area contributed by atoms with E-state index in [1.807, 2.05) is 13.8 Å². The van der Waals surface area contributed by atoms with Gasteiger partial charge in [0.1, 0.15) is 10.9 Å². The van der Waals surface area contributed by atoms with Gasteiger partial charge in [-0.1, -0.05) is 13.8 Å². The molecule has 112 valence electrons. The van der Waals surface area contributed by atoms with E-state index in [0.29, 0.717) is 5.69 Å². The van der Waals surface area contributed by atoms with Crippen LogP contribution in [-0.4, -0.2) is 27.4 Å². The molecule has 1 rings (SSSR count). The number of nitrogens with one attached hydrogen (secondary N) is 2. The molecule has 1 amide bonds. The molecule has 0 saturated carbocycles. The van der Waals surface area contributed by atoms with Crippen LogP contribution in [0.4, 0.5) is 11.4 Å². The summed E-state index contributed by atoms with van der Waals surface area (Å²) < 4.78 is 26.2. The van der Waals surface area contributed by atoms with Crippen molar-refractivity contribution in [3.63, 3.8) is 0 Å². The third-order valence-electron chi connectivity index (χ3n) is 2.85. The van der Waals surface area contributed by atoms with Crippen LogP contribution >= 0.6 is 0 Å². The number of nitrogen functional groups attached to an aromatic ring is 1. The van der Waals surface area contributed by atoms with Gasteiger partial charge in [-0.15, -0.1) is 0 Å². The highest BCUT2D eigenvalue weighted by Crippen LogP contribution is 2.25. The zero-order chi connectivity index (χ0) is 15.5. The molecule has 8 heteroatoms. The van der Waals surface area contributed by atoms with E-state index in [4.69, 9.17) is 11.5 Å². The predicted octanol–water partition coefficient (Wildman–Crippen LogP) is 0.0987. The van der Waals surface area contributed by atoms with Gasteiger partial charge in [0.2, 0.25) is 15.9 Å². The van der Waals surface area contributed by atoms with Crippen LogP contribution in [0, 0.1) is 5.92 Å². The number of anilines is 2. The quantitative estimate of drug-likeness (QED) is 0.554. The van der Waals surface area contributed by atoms with Gasteiger partial charge in [0.05, 0.1) is 5.69 Å². The van der Waals surface area contributed by atoms with Gasteiger partial charge in [0.15, 0.2) is 0 Å². The van der Waals surface area contributed by atoms with Crippen molar-refractivity contribution in [2.75, 3.05) is 18.1 Å². The molecule has 0 aliphatic rings. The SMILES string of the molecule is CNS(=O)(=O)c1cc(N)ccc1NC(C(N)=O)C(C)C. The number of sulfonamides is 1. The Morgan fingerprint density at radius 1 is 1.30 bits per heavy atom. The second-order valence-corrected chi connectivity index (χ2v) is 6.59. The van der Waals surface area contributed by atoms with Crippen molar-refractivity contribution >= 4 is 27.3 Å². The number of carbonyl (C=O) groups is 1. The summed E-state index contributed by atoms with van der Waals surface area (Å²) in [7, 11) is -2.39. The minimum atomic E-state index is -3.69. The monoisotopic (exact) mass is 300 g/mol. The van der Waals surface area contributed by atoms with Gasteiger partial charge in [-0.2, -0.15) is 0 Å². The van der Waals surface area contributed by atoms with E-state index in [0.717, 1.165) is 0 Å². The third-order valence-corrected chi connectivity index (χ3v) is 4.30. The number of nitrogens with two attached hydrogens (primary N) is 2. The van der Waals surface area contributed by atoms with Crippen molar-refractivity contribution in [3.05, 3.63) is 18.2 Å². The number of amides is 1. The van der Waals surface area contributed by atoms with Crippen molar-refractivity contribution in [3.8, 4) is 0 Å². The van der Waals surface area contributed by atoms with Gasteiger partial charge < -0.3 is 16.8 Å². The Kier molecular flexibility index (Phi) is 4.96. The smallest absolute Gasteiger partial charge is 0.242 e. The lowest BCUT2D eigenvalue weighted by atomic mass is 10.0. The van der Waals surface area contributed by atoms with Gasteiger partial charge in [-0.05, 0) is 31.2 Å². The fourth-order valence-corrected chi connectivity index (χ4v) is 2.65. The van der Waals surface area contributed by atoms with Crippen molar-refractivity contribution < 1.29 is 13.2 Å².